The molecule has 2 rings (SSSR count). The van der Waals surface area contributed by atoms with Gasteiger partial charge in [0.15, 0.2) is 0 Å². The highest BCUT2D eigenvalue weighted by Crippen LogP contribution is 2.11. The second-order valence-electron chi connectivity index (χ2n) is 3.92. The standard InChI is InChI=1S/C11H14N6O3S/c1-20-10-4-8(2-3-13-10)5-16-21(18,19)9-6-14-11(17-12)15-7-9/h2-4,6-7,16H,5,12H2,1H3,(H,14,15,17). The molecule has 0 unspecified atom stereocenters. The second-order valence-corrected chi connectivity index (χ2v) is 5.68. The van der Waals surface area contributed by atoms with Gasteiger partial charge >= 0.3 is 0 Å². The van der Waals surface area contributed by atoms with Crippen LogP contribution in [-0.4, -0.2) is 30.5 Å². The first-order chi connectivity index (χ1) is 10.0. The fraction of sp³-hybridized carbons (Fsp3) is 0.182. The average molecular weight is 310 g/mol. The van der Waals surface area contributed by atoms with E-state index in [0.29, 0.717) is 11.4 Å². The van der Waals surface area contributed by atoms with Crippen molar-refractivity contribution in [3.63, 3.8) is 0 Å². The Balaban J connectivity index is 2.09. The Morgan fingerprint density at radius 2 is 2.00 bits per heavy atom. The summed E-state index contributed by atoms with van der Waals surface area (Å²) in [6.45, 7) is 0.0953. The van der Waals surface area contributed by atoms with Crippen LogP contribution >= 0.6 is 0 Å². The van der Waals surface area contributed by atoms with E-state index < -0.39 is 10.0 Å². The molecule has 0 aliphatic heterocycles. The molecule has 9 nitrogen and oxygen atoms in total. The highest BCUT2D eigenvalue weighted by Gasteiger charge is 2.15. The molecule has 10 heteroatoms. The molecule has 0 aromatic carbocycles. The first-order valence-corrected chi connectivity index (χ1v) is 7.31. The molecule has 0 saturated heterocycles. The van der Waals surface area contributed by atoms with Crippen LogP contribution in [0.5, 0.6) is 5.88 Å². The number of methoxy groups -OCH3 is 1. The van der Waals surface area contributed by atoms with Gasteiger partial charge in [0.25, 0.3) is 0 Å². The lowest BCUT2D eigenvalue weighted by molar-refractivity contribution is 0.397. The number of aromatic nitrogens is 3. The Hall–Kier alpha value is -2.30. The topological polar surface area (TPSA) is 132 Å². The van der Waals surface area contributed by atoms with Crippen LogP contribution in [0.15, 0.2) is 35.6 Å². The van der Waals surface area contributed by atoms with Gasteiger partial charge in [0.1, 0.15) is 4.90 Å². The van der Waals surface area contributed by atoms with Crippen LogP contribution < -0.4 is 20.7 Å². The first kappa shape index (κ1) is 15.1. The molecule has 21 heavy (non-hydrogen) atoms. The van der Waals surface area contributed by atoms with Crippen LogP contribution in [0.2, 0.25) is 0 Å². The number of sulfonamides is 1. The fourth-order valence-electron chi connectivity index (χ4n) is 1.46. The number of hydrogen-bond donors (Lipinski definition) is 3. The fourth-order valence-corrected chi connectivity index (χ4v) is 2.37. The largest absolute Gasteiger partial charge is 0.481 e. The Kier molecular flexibility index (Phi) is 4.62. The van der Waals surface area contributed by atoms with Crippen molar-refractivity contribution in [1.29, 1.82) is 0 Å². The number of hydrazine groups is 1. The Morgan fingerprint density at radius 1 is 1.29 bits per heavy atom. The van der Waals surface area contributed by atoms with Gasteiger partial charge in [0, 0.05) is 18.8 Å². The number of anilines is 1. The lowest BCUT2D eigenvalue weighted by Crippen LogP contribution is -2.24. The molecule has 112 valence electrons. The van der Waals surface area contributed by atoms with Crippen molar-refractivity contribution in [3.8, 4) is 5.88 Å². The maximum Gasteiger partial charge on any atom is 0.243 e. The number of nitrogens with two attached hydrogens (primary N) is 1. The smallest absolute Gasteiger partial charge is 0.243 e. The van der Waals surface area contributed by atoms with Gasteiger partial charge in [-0.05, 0) is 11.6 Å². The number of rotatable bonds is 6. The third-order valence-corrected chi connectivity index (χ3v) is 3.90. The summed E-state index contributed by atoms with van der Waals surface area (Å²) in [7, 11) is -2.22. The second kappa shape index (κ2) is 6.43. The van der Waals surface area contributed by atoms with Crippen LogP contribution in [0, 0.1) is 0 Å². The summed E-state index contributed by atoms with van der Waals surface area (Å²) in [6.07, 6.45) is 3.86. The van der Waals surface area contributed by atoms with Crippen LogP contribution in [0.1, 0.15) is 5.56 Å². The van der Waals surface area contributed by atoms with E-state index in [9.17, 15) is 8.42 Å². The number of hydrogen-bond acceptors (Lipinski definition) is 8. The van der Waals surface area contributed by atoms with Gasteiger partial charge in [0.05, 0.1) is 19.5 Å². The predicted molar refractivity (Wildman–Crippen MR) is 74.7 cm³/mol. The van der Waals surface area contributed by atoms with Gasteiger partial charge in [-0.3, -0.25) is 5.43 Å². The average Bonchev–Trinajstić information content (AvgIpc) is 2.53. The zero-order valence-corrected chi connectivity index (χ0v) is 12.0. The van der Waals surface area contributed by atoms with Crippen molar-refractivity contribution < 1.29 is 13.2 Å². The first-order valence-electron chi connectivity index (χ1n) is 5.82. The monoisotopic (exact) mass is 310 g/mol. The molecule has 0 fully saturated rings. The number of pyridine rings is 1. The molecule has 0 bridgehead atoms. The van der Waals surface area contributed by atoms with E-state index in [1.165, 1.54) is 13.3 Å². The number of nitrogen functional groups attached to an aromatic ring is 1. The summed E-state index contributed by atoms with van der Waals surface area (Å²) in [4.78, 5) is 11.4. The maximum atomic E-state index is 12.1. The lowest BCUT2D eigenvalue weighted by atomic mass is 10.3. The molecule has 0 saturated carbocycles. The van der Waals surface area contributed by atoms with Crippen molar-refractivity contribution in [2.24, 2.45) is 5.84 Å². The van der Waals surface area contributed by atoms with Crippen LogP contribution in [0.4, 0.5) is 5.95 Å². The summed E-state index contributed by atoms with van der Waals surface area (Å²) in [6, 6.07) is 3.32. The van der Waals surface area contributed by atoms with Gasteiger partial charge in [-0.25, -0.2) is 33.9 Å². The van der Waals surface area contributed by atoms with Gasteiger partial charge in [-0.1, -0.05) is 0 Å². The molecule has 0 spiro atoms. The predicted octanol–water partition coefficient (Wildman–Crippen LogP) is -0.356. The molecule has 2 aromatic heterocycles. The zero-order valence-electron chi connectivity index (χ0n) is 11.1. The lowest BCUT2D eigenvalue weighted by Gasteiger charge is -2.07. The summed E-state index contributed by atoms with van der Waals surface area (Å²) < 4.78 is 31.5. The Labute approximate surface area is 121 Å². The van der Waals surface area contributed by atoms with Crippen molar-refractivity contribution in [3.05, 3.63) is 36.3 Å². The molecule has 0 amide bonds. The summed E-state index contributed by atoms with van der Waals surface area (Å²) in [5.41, 5.74) is 2.93. The quantitative estimate of drug-likeness (QED) is 0.487. The van der Waals surface area contributed by atoms with Crippen LogP contribution in [-0.2, 0) is 16.6 Å². The zero-order chi connectivity index (χ0) is 15.3. The minimum absolute atomic E-state index is 0.0532. The number of ether oxygens (including phenoxy) is 1. The minimum Gasteiger partial charge on any atom is -0.481 e. The molecule has 0 radical (unpaired) electrons. The minimum atomic E-state index is -3.71. The van der Waals surface area contributed by atoms with E-state index in [1.54, 1.807) is 12.1 Å². The van der Waals surface area contributed by atoms with Gasteiger partial charge < -0.3 is 4.74 Å². The normalized spacial score (nSPS) is 11.1. The van der Waals surface area contributed by atoms with Gasteiger partial charge in [-0.2, -0.15) is 0 Å². The van der Waals surface area contributed by atoms with E-state index in [4.69, 9.17) is 10.6 Å². The van der Waals surface area contributed by atoms with Crippen molar-refractivity contribution in [2.45, 2.75) is 11.4 Å². The van der Waals surface area contributed by atoms with Crippen LogP contribution in [0.3, 0.4) is 0 Å². The van der Waals surface area contributed by atoms with E-state index in [2.05, 4.69) is 25.1 Å². The van der Waals surface area contributed by atoms with E-state index in [0.717, 1.165) is 12.4 Å². The molecule has 0 aliphatic rings. The highest BCUT2D eigenvalue weighted by molar-refractivity contribution is 7.89. The molecule has 0 atom stereocenters. The highest BCUT2D eigenvalue weighted by atomic mass is 32.2. The summed E-state index contributed by atoms with van der Waals surface area (Å²) in [5, 5.41) is 0. The van der Waals surface area contributed by atoms with Crippen molar-refractivity contribution >= 4 is 16.0 Å². The number of nitrogens with one attached hydrogen (secondary N) is 2. The Morgan fingerprint density at radius 3 is 2.62 bits per heavy atom. The van der Waals surface area contributed by atoms with E-state index in [-0.39, 0.29) is 17.4 Å². The van der Waals surface area contributed by atoms with Gasteiger partial charge in [0.2, 0.25) is 21.9 Å². The SMILES string of the molecule is COc1cc(CNS(=O)(=O)c2cnc(NN)nc2)ccn1. The summed E-state index contributed by atoms with van der Waals surface area (Å²) in [5.74, 6) is 5.66. The molecular weight excluding hydrogens is 296 g/mol. The molecular formula is C11H14N6O3S. The third kappa shape index (κ3) is 3.84. The molecule has 2 aromatic rings. The maximum absolute atomic E-state index is 12.1. The molecule has 0 aliphatic carbocycles. The van der Waals surface area contributed by atoms with Crippen molar-refractivity contribution in [2.75, 3.05) is 12.5 Å². The van der Waals surface area contributed by atoms with E-state index >= 15 is 0 Å². The Bertz CT molecular complexity index is 704. The number of nitrogens with zero attached hydrogens (tertiary/aromatic N) is 3. The molecule has 4 N–H and O–H groups in total. The third-order valence-electron chi connectivity index (χ3n) is 2.54. The van der Waals surface area contributed by atoms with Gasteiger partial charge in [-0.15, -0.1) is 0 Å². The molecule has 2 heterocycles. The van der Waals surface area contributed by atoms with Crippen molar-refractivity contribution in [1.82, 2.24) is 19.7 Å². The van der Waals surface area contributed by atoms with E-state index in [1.807, 2.05) is 0 Å². The van der Waals surface area contributed by atoms with Crippen LogP contribution in [0.25, 0.3) is 0 Å². The summed E-state index contributed by atoms with van der Waals surface area (Å²) >= 11 is 0.